The van der Waals surface area contributed by atoms with Crippen molar-refractivity contribution in [2.75, 3.05) is 12.0 Å². The molecule has 1 aliphatic heterocycles. The first-order valence-electron chi connectivity index (χ1n) is 8.49. The highest BCUT2D eigenvalue weighted by Crippen LogP contribution is 2.65. The summed E-state index contributed by atoms with van der Waals surface area (Å²) < 4.78 is 0. The van der Waals surface area contributed by atoms with Crippen molar-refractivity contribution in [2.45, 2.75) is 13.3 Å². The molecule has 0 unspecified atom stereocenters. The van der Waals surface area contributed by atoms with Crippen molar-refractivity contribution in [3.8, 4) is 0 Å². The minimum atomic E-state index is -0.0967. The van der Waals surface area contributed by atoms with Crippen LogP contribution < -0.4 is 5.32 Å². The molecule has 1 heterocycles. The number of hydrogen-bond acceptors (Lipinski definition) is 3. The Kier molecular flexibility index (Phi) is 2.59. The predicted octanol–water partition coefficient (Wildman–Crippen LogP) is 2.42. The van der Waals surface area contributed by atoms with E-state index in [1.165, 1.54) is 11.3 Å². The molecular weight excluding hydrogens is 288 g/mol. The lowest BCUT2D eigenvalue weighted by Crippen LogP contribution is -2.40. The van der Waals surface area contributed by atoms with Crippen molar-refractivity contribution in [1.82, 2.24) is 4.90 Å². The Morgan fingerprint density at radius 2 is 1.74 bits per heavy atom. The summed E-state index contributed by atoms with van der Waals surface area (Å²) in [6.07, 6.45) is 5.63. The summed E-state index contributed by atoms with van der Waals surface area (Å²) in [5, 5.41) is 3.23. The lowest BCUT2D eigenvalue weighted by Gasteiger charge is -2.37. The second kappa shape index (κ2) is 4.47. The van der Waals surface area contributed by atoms with Gasteiger partial charge in [-0.05, 0) is 54.7 Å². The highest BCUT2D eigenvalue weighted by Gasteiger charge is 2.66. The van der Waals surface area contributed by atoms with E-state index in [-0.39, 0.29) is 30.3 Å². The van der Waals surface area contributed by atoms with Gasteiger partial charge in [0.05, 0.1) is 18.5 Å². The molecule has 0 aromatic heterocycles. The molecule has 6 rings (SSSR count). The fourth-order valence-electron chi connectivity index (χ4n) is 5.10. The SMILES string of the molecule is Cc1cccc(NCN2C(=O)[C@@H]3[C@@H]4C=C[C@H]([C@@H]5C[C@H]45)[C@H]3C2=O)c1. The minimum Gasteiger partial charge on any atom is -0.367 e. The van der Waals surface area contributed by atoms with E-state index in [1.54, 1.807) is 0 Å². The zero-order valence-electron chi connectivity index (χ0n) is 13.1. The van der Waals surface area contributed by atoms with E-state index in [0.29, 0.717) is 23.7 Å². The number of carbonyl (C=O) groups is 2. The summed E-state index contributed by atoms with van der Waals surface area (Å²) >= 11 is 0. The third-order valence-electron chi connectivity index (χ3n) is 6.21. The molecule has 23 heavy (non-hydrogen) atoms. The highest BCUT2D eigenvalue weighted by molar-refractivity contribution is 6.06. The molecule has 1 N–H and O–H groups in total. The third kappa shape index (κ3) is 1.78. The quantitative estimate of drug-likeness (QED) is 0.689. The number of aryl methyl sites for hydroxylation is 1. The van der Waals surface area contributed by atoms with Crippen molar-refractivity contribution in [2.24, 2.45) is 35.5 Å². The number of hydrogen-bond donors (Lipinski definition) is 1. The summed E-state index contributed by atoms with van der Waals surface area (Å²) in [7, 11) is 0. The van der Waals surface area contributed by atoms with Gasteiger partial charge in [0.15, 0.2) is 0 Å². The Morgan fingerprint density at radius 3 is 2.35 bits per heavy atom. The number of amides is 2. The van der Waals surface area contributed by atoms with Gasteiger partial charge in [-0.1, -0.05) is 24.3 Å². The van der Waals surface area contributed by atoms with Crippen LogP contribution >= 0.6 is 0 Å². The molecule has 1 saturated heterocycles. The number of imide groups is 1. The van der Waals surface area contributed by atoms with Gasteiger partial charge in [0.25, 0.3) is 0 Å². The van der Waals surface area contributed by atoms with E-state index < -0.39 is 0 Å². The number of nitrogens with one attached hydrogen (secondary N) is 1. The summed E-state index contributed by atoms with van der Waals surface area (Å²) in [6.45, 7) is 2.31. The van der Waals surface area contributed by atoms with E-state index >= 15 is 0 Å². The fraction of sp³-hybridized carbons (Fsp3) is 0.474. The van der Waals surface area contributed by atoms with Crippen LogP contribution in [0.4, 0.5) is 5.69 Å². The van der Waals surface area contributed by atoms with Crippen molar-refractivity contribution in [1.29, 1.82) is 0 Å². The van der Waals surface area contributed by atoms with E-state index in [0.717, 1.165) is 11.3 Å². The molecule has 118 valence electrons. The number of carbonyl (C=O) groups excluding carboxylic acids is 2. The van der Waals surface area contributed by atoms with E-state index in [4.69, 9.17) is 0 Å². The standard InChI is InChI=1S/C19H20N2O2/c1-10-3-2-4-11(7-10)20-9-21-18(22)16-12-5-6-13(15-8-14(12)15)17(16)19(21)23/h2-7,12-17,20H,8-9H2,1H3/t12-,13-,14-,15+,16-,17-/m1/s1. The molecule has 1 aromatic rings. The van der Waals surface area contributed by atoms with E-state index in [9.17, 15) is 9.59 Å². The van der Waals surface area contributed by atoms with E-state index in [2.05, 4.69) is 17.5 Å². The molecule has 1 aromatic carbocycles. The van der Waals surface area contributed by atoms with Gasteiger partial charge in [0, 0.05) is 5.69 Å². The zero-order valence-corrected chi connectivity index (χ0v) is 13.1. The van der Waals surface area contributed by atoms with Crippen LogP contribution in [-0.4, -0.2) is 23.4 Å². The smallest absolute Gasteiger partial charge is 0.235 e. The Bertz CT molecular complexity index is 705. The van der Waals surface area contributed by atoms with Crippen LogP contribution in [0.5, 0.6) is 0 Å². The van der Waals surface area contributed by atoms with Crippen LogP contribution in [0.1, 0.15) is 12.0 Å². The van der Waals surface area contributed by atoms with Crippen LogP contribution in [0.15, 0.2) is 36.4 Å². The molecule has 2 bridgehead atoms. The molecule has 4 heteroatoms. The monoisotopic (exact) mass is 308 g/mol. The summed E-state index contributed by atoms with van der Waals surface area (Å²) in [4.78, 5) is 27.1. The third-order valence-corrected chi connectivity index (χ3v) is 6.21. The maximum Gasteiger partial charge on any atom is 0.235 e. The zero-order chi connectivity index (χ0) is 15.7. The van der Waals surface area contributed by atoms with Crippen LogP contribution in [0.2, 0.25) is 0 Å². The number of benzene rings is 1. The molecule has 6 atom stereocenters. The molecule has 2 amide bonds. The Morgan fingerprint density at radius 1 is 1.09 bits per heavy atom. The van der Waals surface area contributed by atoms with Crippen molar-refractivity contribution in [3.63, 3.8) is 0 Å². The van der Waals surface area contributed by atoms with Crippen molar-refractivity contribution >= 4 is 17.5 Å². The number of likely N-dealkylation sites (tertiary alicyclic amines) is 1. The Labute approximate surface area is 135 Å². The van der Waals surface area contributed by atoms with Gasteiger partial charge < -0.3 is 5.32 Å². The van der Waals surface area contributed by atoms with Gasteiger partial charge in [-0.25, -0.2) is 0 Å². The maximum atomic E-state index is 12.8. The topological polar surface area (TPSA) is 49.4 Å². The molecule has 3 fully saturated rings. The normalized spacial score (nSPS) is 39.4. The van der Waals surface area contributed by atoms with Gasteiger partial charge in [-0.2, -0.15) is 0 Å². The lowest BCUT2D eigenvalue weighted by atomic mass is 9.63. The molecule has 4 aliphatic carbocycles. The van der Waals surface area contributed by atoms with Gasteiger partial charge in [-0.15, -0.1) is 0 Å². The first-order valence-corrected chi connectivity index (χ1v) is 8.49. The summed E-state index contributed by atoms with van der Waals surface area (Å²) in [5.74, 6) is 1.79. The van der Waals surface area contributed by atoms with E-state index in [1.807, 2.05) is 31.2 Å². The minimum absolute atomic E-state index is 0.0323. The molecule has 0 spiro atoms. The van der Waals surface area contributed by atoms with Gasteiger partial charge in [0.2, 0.25) is 11.8 Å². The number of nitrogens with zero attached hydrogens (tertiary/aromatic N) is 1. The van der Waals surface area contributed by atoms with Gasteiger partial charge in [0.1, 0.15) is 0 Å². The molecule has 2 saturated carbocycles. The number of rotatable bonds is 3. The molecule has 4 nitrogen and oxygen atoms in total. The lowest BCUT2D eigenvalue weighted by molar-refractivity contribution is -0.139. The molecular formula is C19H20N2O2. The van der Waals surface area contributed by atoms with Crippen LogP contribution in [0.25, 0.3) is 0 Å². The second-order valence-electron chi connectivity index (χ2n) is 7.46. The van der Waals surface area contributed by atoms with Crippen molar-refractivity contribution < 1.29 is 9.59 Å². The fourth-order valence-corrected chi connectivity index (χ4v) is 5.10. The average molecular weight is 308 g/mol. The van der Waals surface area contributed by atoms with Gasteiger partial charge >= 0.3 is 0 Å². The predicted molar refractivity (Wildman–Crippen MR) is 86.2 cm³/mol. The van der Waals surface area contributed by atoms with Crippen LogP contribution in [0, 0.1) is 42.4 Å². The molecule has 0 radical (unpaired) electrons. The average Bonchev–Trinajstić information content (AvgIpc) is 3.32. The maximum absolute atomic E-state index is 12.8. The molecule has 5 aliphatic rings. The summed E-state index contributed by atoms with van der Waals surface area (Å²) in [6, 6.07) is 7.99. The van der Waals surface area contributed by atoms with Crippen LogP contribution in [0.3, 0.4) is 0 Å². The first-order chi connectivity index (χ1) is 11.1. The Hall–Kier alpha value is -2.10. The Balaban J connectivity index is 1.37. The van der Waals surface area contributed by atoms with Crippen molar-refractivity contribution in [3.05, 3.63) is 42.0 Å². The second-order valence-corrected chi connectivity index (χ2v) is 7.46. The first kappa shape index (κ1) is 13.3. The van der Waals surface area contributed by atoms with Gasteiger partial charge in [-0.3, -0.25) is 14.5 Å². The number of anilines is 1. The highest BCUT2D eigenvalue weighted by atomic mass is 16.2. The summed E-state index contributed by atoms with van der Waals surface area (Å²) in [5.41, 5.74) is 2.11. The van der Waals surface area contributed by atoms with Crippen LogP contribution in [-0.2, 0) is 9.59 Å². The number of allylic oxidation sites excluding steroid dienone is 2. The largest absolute Gasteiger partial charge is 0.367 e.